The Morgan fingerprint density at radius 3 is 2.65 bits per heavy atom. The highest BCUT2D eigenvalue weighted by Crippen LogP contribution is 2.48. The second-order valence-electron chi connectivity index (χ2n) is 8.79. The van der Waals surface area contributed by atoms with E-state index in [-0.39, 0.29) is 16.7 Å². The van der Waals surface area contributed by atoms with Crippen molar-refractivity contribution in [2.45, 2.75) is 58.9 Å². The summed E-state index contributed by atoms with van der Waals surface area (Å²) in [7, 11) is 0. The molecule has 6 heteroatoms. The summed E-state index contributed by atoms with van der Waals surface area (Å²) in [5, 5.41) is 0. The maximum atomic E-state index is 12.8. The molecular weight excluding hydrogens is 328 g/mol. The van der Waals surface area contributed by atoms with Crippen molar-refractivity contribution in [3.05, 3.63) is 23.8 Å². The lowest BCUT2D eigenvalue weighted by Crippen LogP contribution is -2.55. The Morgan fingerprint density at radius 2 is 1.96 bits per heavy atom. The maximum Gasteiger partial charge on any atom is 0.228 e. The highest BCUT2D eigenvalue weighted by atomic mass is 16.2. The number of aromatic nitrogens is 2. The molecule has 1 saturated carbocycles. The number of carbonyl (C=O) groups excluding carboxylic acids is 2. The van der Waals surface area contributed by atoms with Crippen LogP contribution in [0.1, 0.15) is 56.8 Å². The van der Waals surface area contributed by atoms with E-state index in [1.807, 2.05) is 11.8 Å². The minimum absolute atomic E-state index is 0.0468. The van der Waals surface area contributed by atoms with Gasteiger partial charge in [0.1, 0.15) is 0 Å². The normalized spacial score (nSPS) is 27.7. The van der Waals surface area contributed by atoms with Gasteiger partial charge in [0.2, 0.25) is 11.8 Å². The van der Waals surface area contributed by atoms with Gasteiger partial charge >= 0.3 is 0 Å². The minimum Gasteiger partial charge on any atom is -0.342 e. The van der Waals surface area contributed by atoms with Crippen molar-refractivity contribution < 1.29 is 9.59 Å². The summed E-state index contributed by atoms with van der Waals surface area (Å²) in [6.45, 7) is 6.90. The molecule has 3 aliphatic rings. The van der Waals surface area contributed by atoms with Crippen LogP contribution in [0.15, 0.2) is 12.4 Å². The number of nitrogens with zero attached hydrogens (tertiary/aromatic N) is 4. The molecule has 0 bridgehead atoms. The molecule has 1 aliphatic carbocycles. The van der Waals surface area contributed by atoms with Gasteiger partial charge in [0.25, 0.3) is 0 Å². The van der Waals surface area contributed by atoms with Crippen molar-refractivity contribution in [2.24, 2.45) is 10.8 Å². The Kier molecular flexibility index (Phi) is 4.24. The number of piperidine rings is 2. The molecule has 6 nitrogen and oxygen atoms in total. The van der Waals surface area contributed by atoms with E-state index in [0.717, 1.165) is 63.1 Å². The average molecular weight is 356 g/mol. The van der Waals surface area contributed by atoms with Crippen LogP contribution in [-0.2, 0) is 16.1 Å². The summed E-state index contributed by atoms with van der Waals surface area (Å²) in [6.07, 6.45) is 9.13. The SMILES string of the molecule is Cc1cnc(CN2C[C@]3(CCCN(C(=O)C4(C)CC4)C3)CCC2=O)cn1. The van der Waals surface area contributed by atoms with E-state index in [2.05, 4.69) is 21.8 Å². The number of aryl methyl sites for hydroxylation is 1. The van der Waals surface area contributed by atoms with Crippen LogP contribution < -0.4 is 0 Å². The second-order valence-corrected chi connectivity index (χ2v) is 8.79. The van der Waals surface area contributed by atoms with Crippen LogP contribution in [0.25, 0.3) is 0 Å². The van der Waals surface area contributed by atoms with Crippen molar-refractivity contribution in [3.8, 4) is 0 Å². The largest absolute Gasteiger partial charge is 0.342 e. The zero-order chi connectivity index (χ0) is 18.4. The lowest BCUT2D eigenvalue weighted by Gasteiger charge is -2.48. The zero-order valence-electron chi connectivity index (χ0n) is 15.8. The fourth-order valence-electron chi connectivity index (χ4n) is 4.44. The molecule has 4 rings (SSSR count). The molecule has 3 fully saturated rings. The first kappa shape index (κ1) is 17.4. The molecule has 2 amide bonds. The lowest BCUT2D eigenvalue weighted by molar-refractivity contribution is -0.146. The fraction of sp³-hybridized carbons (Fsp3) is 0.700. The number of likely N-dealkylation sites (tertiary alicyclic amines) is 2. The van der Waals surface area contributed by atoms with Crippen LogP contribution in [0.2, 0.25) is 0 Å². The topological polar surface area (TPSA) is 66.4 Å². The Hall–Kier alpha value is -1.98. The molecule has 1 aromatic rings. The Labute approximate surface area is 155 Å². The van der Waals surface area contributed by atoms with Gasteiger partial charge in [-0.3, -0.25) is 19.6 Å². The highest BCUT2D eigenvalue weighted by Gasteiger charge is 2.50. The average Bonchev–Trinajstić information content (AvgIpc) is 3.39. The van der Waals surface area contributed by atoms with Crippen molar-refractivity contribution >= 4 is 11.8 Å². The second kappa shape index (κ2) is 6.32. The van der Waals surface area contributed by atoms with E-state index < -0.39 is 0 Å². The molecule has 0 aromatic carbocycles. The molecule has 3 heterocycles. The van der Waals surface area contributed by atoms with E-state index in [1.165, 1.54) is 0 Å². The van der Waals surface area contributed by atoms with Crippen LogP contribution in [0.4, 0.5) is 0 Å². The van der Waals surface area contributed by atoms with E-state index in [9.17, 15) is 9.59 Å². The smallest absolute Gasteiger partial charge is 0.228 e. The Morgan fingerprint density at radius 1 is 1.15 bits per heavy atom. The van der Waals surface area contributed by atoms with Gasteiger partial charge in [-0.15, -0.1) is 0 Å². The van der Waals surface area contributed by atoms with Crippen molar-refractivity contribution in [1.82, 2.24) is 19.8 Å². The lowest BCUT2D eigenvalue weighted by atomic mass is 9.73. The summed E-state index contributed by atoms with van der Waals surface area (Å²) in [6, 6.07) is 0. The number of rotatable bonds is 3. The molecule has 1 atom stereocenters. The van der Waals surface area contributed by atoms with Crippen LogP contribution in [0, 0.1) is 17.8 Å². The number of amides is 2. The highest BCUT2D eigenvalue weighted by molar-refractivity contribution is 5.85. The van der Waals surface area contributed by atoms with Crippen molar-refractivity contribution in [2.75, 3.05) is 19.6 Å². The van der Waals surface area contributed by atoms with Gasteiger partial charge in [0.05, 0.1) is 24.1 Å². The minimum atomic E-state index is -0.111. The van der Waals surface area contributed by atoms with E-state index in [0.29, 0.717) is 18.9 Å². The first-order valence-electron chi connectivity index (χ1n) is 9.74. The molecule has 2 saturated heterocycles. The van der Waals surface area contributed by atoms with Crippen LogP contribution in [0.5, 0.6) is 0 Å². The molecule has 0 N–H and O–H groups in total. The fourth-order valence-corrected chi connectivity index (χ4v) is 4.44. The third-order valence-corrected chi connectivity index (χ3v) is 6.40. The molecule has 0 unspecified atom stereocenters. The number of hydrogen-bond acceptors (Lipinski definition) is 4. The summed E-state index contributed by atoms with van der Waals surface area (Å²) < 4.78 is 0. The first-order valence-corrected chi connectivity index (χ1v) is 9.74. The number of carbonyl (C=O) groups is 2. The standard InChI is InChI=1S/C20H28N4O2/c1-15-10-22-16(11-21-15)12-24-14-20(6-4-17(24)25)5-3-9-23(13-20)18(26)19(2)7-8-19/h10-11H,3-9,12-14H2,1-2H3/t20-/m1/s1. The Bertz CT molecular complexity index is 713. The predicted molar refractivity (Wildman–Crippen MR) is 97.0 cm³/mol. The van der Waals surface area contributed by atoms with E-state index in [4.69, 9.17) is 0 Å². The van der Waals surface area contributed by atoms with Crippen molar-refractivity contribution in [3.63, 3.8) is 0 Å². The Balaban J connectivity index is 1.46. The van der Waals surface area contributed by atoms with Gasteiger partial charge in [0.15, 0.2) is 0 Å². The van der Waals surface area contributed by atoms with Crippen molar-refractivity contribution in [1.29, 1.82) is 0 Å². The van der Waals surface area contributed by atoms with Crippen LogP contribution in [0.3, 0.4) is 0 Å². The van der Waals surface area contributed by atoms with Gasteiger partial charge in [-0.25, -0.2) is 0 Å². The molecule has 1 spiro atoms. The summed E-state index contributed by atoms with van der Waals surface area (Å²) in [5.41, 5.74) is 1.64. The third kappa shape index (κ3) is 3.33. The van der Waals surface area contributed by atoms with Gasteiger partial charge in [-0.2, -0.15) is 0 Å². The molecule has 1 aromatic heterocycles. The maximum absolute atomic E-state index is 12.8. The van der Waals surface area contributed by atoms with E-state index >= 15 is 0 Å². The summed E-state index contributed by atoms with van der Waals surface area (Å²) >= 11 is 0. The molecule has 0 radical (unpaired) electrons. The predicted octanol–water partition coefficient (Wildman–Crippen LogP) is 2.32. The van der Waals surface area contributed by atoms with Gasteiger partial charge in [-0.05, 0) is 39.0 Å². The quantitative estimate of drug-likeness (QED) is 0.834. The van der Waals surface area contributed by atoms with Gasteiger partial charge in [-0.1, -0.05) is 6.92 Å². The summed E-state index contributed by atoms with van der Waals surface area (Å²) in [4.78, 5) is 38.0. The first-order chi connectivity index (χ1) is 12.4. The van der Waals surface area contributed by atoms with E-state index in [1.54, 1.807) is 12.4 Å². The molecule has 26 heavy (non-hydrogen) atoms. The van der Waals surface area contributed by atoms with Crippen LogP contribution in [-0.4, -0.2) is 51.2 Å². The third-order valence-electron chi connectivity index (χ3n) is 6.40. The summed E-state index contributed by atoms with van der Waals surface area (Å²) in [5.74, 6) is 0.514. The molecule has 2 aliphatic heterocycles. The molecular formula is C20H28N4O2. The van der Waals surface area contributed by atoms with Gasteiger partial charge in [0, 0.05) is 43.1 Å². The zero-order valence-corrected chi connectivity index (χ0v) is 15.8. The van der Waals surface area contributed by atoms with Gasteiger partial charge < -0.3 is 9.80 Å². The number of hydrogen-bond donors (Lipinski definition) is 0. The van der Waals surface area contributed by atoms with Crippen LogP contribution >= 0.6 is 0 Å². The monoisotopic (exact) mass is 356 g/mol. The molecule has 140 valence electrons.